The van der Waals surface area contributed by atoms with Crippen LogP contribution >= 0.6 is 11.8 Å². The number of amides is 1. The molecule has 0 radical (unpaired) electrons. The normalized spacial score (nSPS) is 11.0. The van der Waals surface area contributed by atoms with Crippen molar-refractivity contribution in [3.8, 4) is 0 Å². The van der Waals surface area contributed by atoms with Crippen LogP contribution in [-0.2, 0) is 14.8 Å². The molecule has 2 aromatic rings. The highest BCUT2D eigenvalue weighted by Crippen LogP contribution is 2.16. The topological polar surface area (TPSA) is 101 Å². The third kappa shape index (κ3) is 5.22. The minimum atomic E-state index is -3.76. The Morgan fingerprint density at radius 1 is 1.17 bits per heavy atom. The zero-order chi connectivity index (χ0) is 16.7. The van der Waals surface area contributed by atoms with Gasteiger partial charge in [-0.05, 0) is 36.6 Å². The van der Waals surface area contributed by atoms with Crippen LogP contribution in [0.3, 0.4) is 0 Å². The average molecular weight is 352 g/mol. The van der Waals surface area contributed by atoms with Crippen LogP contribution in [0.15, 0.2) is 47.6 Å². The first-order valence-electron chi connectivity index (χ1n) is 6.70. The number of carbonyl (C=O) groups is 1. The van der Waals surface area contributed by atoms with Gasteiger partial charge in [0.25, 0.3) is 10.0 Å². The predicted molar refractivity (Wildman–Crippen MR) is 90.9 cm³/mol. The Morgan fingerprint density at radius 2 is 1.83 bits per heavy atom. The van der Waals surface area contributed by atoms with Crippen molar-refractivity contribution in [2.24, 2.45) is 0 Å². The molecule has 0 aliphatic heterocycles. The Balaban J connectivity index is 2.05. The van der Waals surface area contributed by atoms with Crippen LogP contribution in [0.1, 0.15) is 6.42 Å². The van der Waals surface area contributed by atoms with Crippen molar-refractivity contribution in [1.82, 2.24) is 9.97 Å². The Hall–Kier alpha value is -2.13. The molecule has 0 saturated carbocycles. The van der Waals surface area contributed by atoms with Gasteiger partial charge in [-0.2, -0.15) is 11.8 Å². The minimum Gasteiger partial charge on any atom is -0.326 e. The van der Waals surface area contributed by atoms with Crippen LogP contribution in [0.25, 0.3) is 0 Å². The van der Waals surface area contributed by atoms with Crippen LogP contribution in [-0.4, -0.2) is 36.3 Å². The number of benzene rings is 1. The highest BCUT2D eigenvalue weighted by Gasteiger charge is 2.15. The van der Waals surface area contributed by atoms with Gasteiger partial charge in [-0.15, -0.1) is 0 Å². The van der Waals surface area contributed by atoms with E-state index >= 15 is 0 Å². The van der Waals surface area contributed by atoms with E-state index in [0.717, 1.165) is 5.75 Å². The first kappa shape index (κ1) is 17.2. The van der Waals surface area contributed by atoms with Crippen molar-refractivity contribution in [3.05, 3.63) is 42.7 Å². The summed E-state index contributed by atoms with van der Waals surface area (Å²) < 4.78 is 26.7. The molecule has 2 N–H and O–H groups in total. The van der Waals surface area contributed by atoms with Gasteiger partial charge < -0.3 is 5.32 Å². The second kappa shape index (κ2) is 7.93. The van der Waals surface area contributed by atoms with Gasteiger partial charge in [-0.3, -0.25) is 4.79 Å². The molecule has 0 aliphatic carbocycles. The van der Waals surface area contributed by atoms with Crippen molar-refractivity contribution < 1.29 is 13.2 Å². The number of nitrogens with one attached hydrogen (secondary N) is 2. The van der Waals surface area contributed by atoms with E-state index in [1.54, 1.807) is 17.8 Å². The molecule has 0 spiro atoms. The van der Waals surface area contributed by atoms with Crippen LogP contribution in [0.4, 0.5) is 11.6 Å². The molecule has 1 aromatic heterocycles. The molecule has 1 amide bonds. The lowest BCUT2D eigenvalue weighted by atomic mass is 10.3. The molecule has 0 saturated heterocycles. The van der Waals surface area contributed by atoms with Gasteiger partial charge in [0.1, 0.15) is 0 Å². The van der Waals surface area contributed by atoms with Crippen molar-refractivity contribution in [2.45, 2.75) is 11.3 Å². The highest BCUT2D eigenvalue weighted by atomic mass is 32.2. The number of hydrogen-bond acceptors (Lipinski definition) is 6. The third-order valence-corrected chi connectivity index (χ3v) is 4.73. The molecule has 9 heteroatoms. The van der Waals surface area contributed by atoms with Gasteiger partial charge in [-0.1, -0.05) is 0 Å². The van der Waals surface area contributed by atoms with E-state index in [4.69, 9.17) is 0 Å². The van der Waals surface area contributed by atoms with E-state index in [9.17, 15) is 13.2 Å². The number of hydrogen-bond donors (Lipinski definition) is 2. The number of thioether (sulfide) groups is 1. The van der Waals surface area contributed by atoms with Crippen molar-refractivity contribution >= 4 is 39.3 Å². The summed E-state index contributed by atoms with van der Waals surface area (Å²) in [5.41, 5.74) is 0.547. The summed E-state index contributed by atoms with van der Waals surface area (Å²) >= 11 is 1.59. The van der Waals surface area contributed by atoms with E-state index in [-0.39, 0.29) is 16.8 Å². The Labute approximate surface area is 139 Å². The standard InChI is InChI=1S/C14H16N4O3S2/c1-22-10-7-13(19)17-11-3-5-12(6-4-11)23(20,21)18-14-15-8-2-9-16-14/h2-6,8-9H,7,10H2,1H3,(H,17,19)(H,15,16,18). The van der Waals surface area contributed by atoms with Crippen LogP contribution < -0.4 is 10.0 Å². The molecule has 23 heavy (non-hydrogen) atoms. The Bertz CT molecular complexity index is 749. The summed E-state index contributed by atoms with van der Waals surface area (Å²) in [4.78, 5) is 19.3. The summed E-state index contributed by atoms with van der Waals surface area (Å²) in [6.07, 6.45) is 5.22. The Morgan fingerprint density at radius 3 is 2.43 bits per heavy atom. The highest BCUT2D eigenvalue weighted by molar-refractivity contribution is 7.98. The second-order valence-electron chi connectivity index (χ2n) is 4.49. The first-order valence-corrected chi connectivity index (χ1v) is 9.57. The molecule has 2 rings (SSSR count). The molecule has 0 fully saturated rings. The number of aromatic nitrogens is 2. The molecular weight excluding hydrogens is 336 g/mol. The average Bonchev–Trinajstić information content (AvgIpc) is 2.54. The number of nitrogens with zero attached hydrogens (tertiary/aromatic N) is 2. The number of rotatable bonds is 7. The first-order chi connectivity index (χ1) is 11.0. The van der Waals surface area contributed by atoms with Crippen molar-refractivity contribution in [3.63, 3.8) is 0 Å². The van der Waals surface area contributed by atoms with Crippen molar-refractivity contribution in [2.75, 3.05) is 22.0 Å². The largest absolute Gasteiger partial charge is 0.326 e. The molecule has 7 nitrogen and oxygen atoms in total. The van der Waals surface area contributed by atoms with Gasteiger partial charge in [0.2, 0.25) is 11.9 Å². The van der Waals surface area contributed by atoms with Crippen LogP contribution in [0, 0.1) is 0 Å². The maximum atomic E-state index is 12.2. The lowest BCUT2D eigenvalue weighted by molar-refractivity contribution is -0.115. The third-order valence-electron chi connectivity index (χ3n) is 2.77. The molecule has 1 aromatic carbocycles. The lowest BCUT2D eigenvalue weighted by Gasteiger charge is -2.08. The van der Waals surface area contributed by atoms with E-state index in [1.807, 2.05) is 6.26 Å². The summed E-state index contributed by atoms with van der Waals surface area (Å²) in [6.45, 7) is 0. The molecule has 0 bridgehead atoms. The van der Waals surface area contributed by atoms with Gasteiger partial charge in [-0.25, -0.2) is 23.1 Å². The van der Waals surface area contributed by atoms with Gasteiger partial charge >= 0.3 is 0 Å². The van der Waals surface area contributed by atoms with E-state index in [2.05, 4.69) is 20.0 Å². The number of anilines is 2. The number of sulfonamides is 1. The number of carbonyl (C=O) groups excluding carboxylic acids is 1. The van der Waals surface area contributed by atoms with Gasteiger partial charge in [0, 0.05) is 30.3 Å². The fourth-order valence-corrected chi connectivity index (χ4v) is 3.01. The molecule has 0 unspecified atom stereocenters. The van der Waals surface area contributed by atoms with Crippen molar-refractivity contribution in [1.29, 1.82) is 0 Å². The molecule has 0 aliphatic rings. The smallest absolute Gasteiger partial charge is 0.264 e. The van der Waals surface area contributed by atoms with E-state index in [1.165, 1.54) is 36.7 Å². The monoisotopic (exact) mass is 352 g/mol. The SMILES string of the molecule is CSCCC(=O)Nc1ccc(S(=O)(=O)Nc2ncccn2)cc1. The predicted octanol–water partition coefficient (Wildman–Crippen LogP) is 1.97. The lowest BCUT2D eigenvalue weighted by Crippen LogP contribution is -2.15. The summed E-state index contributed by atoms with van der Waals surface area (Å²) in [5.74, 6) is 0.631. The fourth-order valence-electron chi connectivity index (χ4n) is 1.67. The maximum Gasteiger partial charge on any atom is 0.264 e. The quantitative estimate of drug-likeness (QED) is 0.790. The zero-order valence-corrected chi connectivity index (χ0v) is 14.0. The maximum absolute atomic E-state index is 12.2. The second-order valence-corrected chi connectivity index (χ2v) is 7.16. The molecular formula is C14H16N4O3S2. The zero-order valence-electron chi connectivity index (χ0n) is 12.4. The van der Waals surface area contributed by atoms with E-state index in [0.29, 0.717) is 12.1 Å². The van der Waals surface area contributed by atoms with Gasteiger partial charge in [0.05, 0.1) is 4.90 Å². The Kier molecular flexibility index (Phi) is 5.94. The van der Waals surface area contributed by atoms with Crippen LogP contribution in [0.2, 0.25) is 0 Å². The summed E-state index contributed by atoms with van der Waals surface area (Å²) in [6, 6.07) is 7.49. The molecule has 122 valence electrons. The van der Waals surface area contributed by atoms with E-state index < -0.39 is 10.0 Å². The summed E-state index contributed by atoms with van der Waals surface area (Å²) in [7, 11) is -3.76. The minimum absolute atomic E-state index is 0.00180. The summed E-state index contributed by atoms with van der Waals surface area (Å²) in [5, 5.41) is 2.71. The van der Waals surface area contributed by atoms with Gasteiger partial charge in [0.15, 0.2) is 0 Å². The molecule has 1 heterocycles. The van der Waals surface area contributed by atoms with Crippen LogP contribution in [0.5, 0.6) is 0 Å². The molecule has 0 atom stereocenters. The fraction of sp³-hybridized carbons (Fsp3) is 0.214.